The van der Waals surface area contributed by atoms with Gasteiger partial charge in [-0.2, -0.15) is 0 Å². The fraction of sp³-hybridized carbons (Fsp3) is 0.160. The molecule has 0 bridgehead atoms. The topological polar surface area (TPSA) is 47.1 Å². The number of benzene rings is 3. The van der Waals surface area contributed by atoms with Crippen molar-refractivity contribution in [3.63, 3.8) is 0 Å². The molecule has 1 heterocycles. The first-order valence-electron chi connectivity index (χ1n) is 9.59. The number of nitrogens with one attached hydrogen (secondary N) is 1. The van der Waals surface area contributed by atoms with E-state index in [1.54, 1.807) is 20.4 Å². The van der Waals surface area contributed by atoms with Crippen LogP contribution < -0.4 is 9.47 Å². The molecule has 4 heteroatoms. The first-order valence-corrected chi connectivity index (χ1v) is 9.59. The highest BCUT2D eigenvalue weighted by molar-refractivity contribution is 5.53. The third-order valence-corrected chi connectivity index (χ3v) is 5.42. The maximum absolute atomic E-state index is 5.39. The number of hydrogen-bond donors (Lipinski definition) is 1. The molecule has 0 aliphatic heterocycles. The summed E-state index contributed by atoms with van der Waals surface area (Å²) in [4.78, 5) is 7.83. The van der Waals surface area contributed by atoms with E-state index in [0.29, 0.717) is 6.42 Å². The summed E-state index contributed by atoms with van der Waals surface area (Å²) in [6.45, 7) is 0. The van der Waals surface area contributed by atoms with Crippen molar-refractivity contribution in [2.24, 2.45) is 0 Å². The summed E-state index contributed by atoms with van der Waals surface area (Å²) in [7, 11) is 3.37. The Kier molecular flexibility index (Phi) is 5.34. The molecule has 1 N–H and O–H groups in total. The fourth-order valence-electron chi connectivity index (χ4n) is 3.93. The minimum absolute atomic E-state index is 0.419. The van der Waals surface area contributed by atoms with Crippen LogP contribution in [0, 0.1) is 0 Å². The van der Waals surface area contributed by atoms with Crippen molar-refractivity contribution in [3.8, 4) is 11.5 Å². The maximum Gasteiger partial charge on any atom is 0.118 e. The van der Waals surface area contributed by atoms with Crippen LogP contribution in [0.4, 0.5) is 0 Å². The monoisotopic (exact) mass is 384 g/mol. The lowest BCUT2D eigenvalue weighted by Gasteiger charge is -2.35. The first kappa shape index (κ1) is 18.8. The van der Waals surface area contributed by atoms with Crippen LogP contribution in [-0.4, -0.2) is 24.2 Å². The van der Waals surface area contributed by atoms with Crippen molar-refractivity contribution in [1.29, 1.82) is 0 Å². The summed E-state index contributed by atoms with van der Waals surface area (Å²) < 4.78 is 10.8. The molecule has 0 atom stereocenters. The van der Waals surface area contributed by atoms with E-state index >= 15 is 0 Å². The Morgan fingerprint density at radius 2 is 1.24 bits per heavy atom. The third kappa shape index (κ3) is 3.61. The molecule has 0 aliphatic rings. The zero-order valence-electron chi connectivity index (χ0n) is 16.6. The van der Waals surface area contributed by atoms with E-state index in [1.165, 1.54) is 16.7 Å². The van der Waals surface area contributed by atoms with Gasteiger partial charge >= 0.3 is 0 Å². The standard InChI is InChI=1S/C25H24N2O2/c1-28-22-12-8-20(9-13-22)25(18-24-26-16-17-27-24,19-6-4-3-5-7-19)21-10-14-23(29-2)15-11-21/h3-17H,18H2,1-2H3,(H,26,27). The number of nitrogens with zero attached hydrogens (tertiary/aromatic N) is 1. The van der Waals surface area contributed by atoms with Gasteiger partial charge < -0.3 is 14.5 Å². The predicted octanol–water partition coefficient (Wildman–Crippen LogP) is 5.00. The zero-order valence-corrected chi connectivity index (χ0v) is 16.6. The number of H-pyrrole nitrogens is 1. The van der Waals surface area contributed by atoms with Crippen LogP contribution in [-0.2, 0) is 11.8 Å². The average molecular weight is 384 g/mol. The van der Waals surface area contributed by atoms with Gasteiger partial charge in [-0.05, 0) is 41.0 Å². The predicted molar refractivity (Wildman–Crippen MR) is 115 cm³/mol. The largest absolute Gasteiger partial charge is 0.497 e. The summed E-state index contributed by atoms with van der Waals surface area (Å²) in [5, 5.41) is 0. The average Bonchev–Trinajstić information content (AvgIpc) is 3.31. The number of methoxy groups -OCH3 is 2. The third-order valence-electron chi connectivity index (χ3n) is 5.42. The van der Waals surface area contributed by atoms with Gasteiger partial charge in [0.15, 0.2) is 0 Å². The van der Waals surface area contributed by atoms with Gasteiger partial charge in [-0.25, -0.2) is 4.98 Å². The first-order chi connectivity index (χ1) is 14.3. The van der Waals surface area contributed by atoms with Crippen molar-refractivity contribution in [2.45, 2.75) is 11.8 Å². The number of rotatable bonds is 7. The van der Waals surface area contributed by atoms with E-state index in [-0.39, 0.29) is 0 Å². The molecule has 0 saturated carbocycles. The number of imidazole rings is 1. The Morgan fingerprint density at radius 1 is 0.724 bits per heavy atom. The van der Waals surface area contributed by atoms with Crippen molar-refractivity contribution in [2.75, 3.05) is 14.2 Å². The van der Waals surface area contributed by atoms with Crippen LogP contribution in [0.15, 0.2) is 91.3 Å². The lowest BCUT2D eigenvalue weighted by Crippen LogP contribution is -2.32. The van der Waals surface area contributed by atoms with Gasteiger partial charge in [0.25, 0.3) is 0 Å². The van der Waals surface area contributed by atoms with Gasteiger partial charge in [-0.15, -0.1) is 0 Å². The van der Waals surface area contributed by atoms with Gasteiger partial charge in [0, 0.05) is 18.8 Å². The van der Waals surface area contributed by atoms with Crippen molar-refractivity contribution in [1.82, 2.24) is 9.97 Å². The highest BCUT2D eigenvalue weighted by Crippen LogP contribution is 2.42. The molecule has 0 radical (unpaired) electrons. The normalized spacial score (nSPS) is 11.2. The summed E-state index contributed by atoms with van der Waals surface area (Å²) in [6, 6.07) is 27.2. The van der Waals surface area contributed by atoms with Gasteiger partial charge in [0.1, 0.15) is 17.3 Å². The minimum atomic E-state index is -0.419. The molecule has 3 aromatic carbocycles. The van der Waals surface area contributed by atoms with E-state index in [0.717, 1.165) is 17.3 Å². The van der Waals surface area contributed by atoms with Gasteiger partial charge in [0.05, 0.1) is 19.6 Å². The summed E-state index contributed by atoms with van der Waals surface area (Å²) in [5.41, 5.74) is 3.13. The molecule has 29 heavy (non-hydrogen) atoms. The minimum Gasteiger partial charge on any atom is -0.497 e. The summed E-state index contributed by atoms with van der Waals surface area (Å²) in [6.07, 6.45) is 4.36. The molecule has 0 amide bonds. The summed E-state index contributed by atoms with van der Waals surface area (Å²) in [5.74, 6) is 2.60. The Morgan fingerprint density at radius 3 is 1.69 bits per heavy atom. The Bertz CT molecular complexity index is 977. The quantitative estimate of drug-likeness (QED) is 0.456. The maximum atomic E-state index is 5.39. The van der Waals surface area contributed by atoms with Gasteiger partial charge in [-0.1, -0.05) is 54.6 Å². The van der Waals surface area contributed by atoms with Crippen LogP contribution in [0.3, 0.4) is 0 Å². The van der Waals surface area contributed by atoms with Crippen LogP contribution in [0.2, 0.25) is 0 Å². The molecular formula is C25H24N2O2. The Labute approximate surface area is 171 Å². The van der Waals surface area contributed by atoms with E-state index < -0.39 is 5.41 Å². The van der Waals surface area contributed by atoms with Crippen molar-refractivity contribution >= 4 is 0 Å². The Hall–Kier alpha value is -3.53. The number of aromatic nitrogens is 2. The molecule has 146 valence electrons. The lowest BCUT2D eigenvalue weighted by molar-refractivity contribution is 0.414. The molecule has 0 spiro atoms. The molecule has 0 aliphatic carbocycles. The van der Waals surface area contributed by atoms with Crippen LogP contribution in [0.5, 0.6) is 11.5 Å². The van der Waals surface area contributed by atoms with Crippen LogP contribution >= 0.6 is 0 Å². The highest BCUT2D eigenvalue weighted by atomic mass is 16.5. The van der Waals surface area contributed by atoms with Gasteiger partial charge in [0.2, 0.25) is 0 Å². The molecule has 0 saturated heterocycles. The smallest absolute Gasteiger partial charge is 0.118 e. The second-order valence-corrected chi connectivity index (χ2v) is 6.94. The molecule has 4 nitrogen and oxygen atoms in total. The SMILES string of the molecule is COc1ccc(C(Cc2ncc[nH]2)(c2ccccc2)c2ccc(OC)cc2)cc1. The van der Waals surface area contributed by atoms with Crippen molar-refractivity contribution in [3.05, 3.63) is 114 Å². The van der Waals surface area contributed by atoms with E-state index in [9.17, 15) is 0 Å². The molecule has 4 aromatic rings. The van der Waals surface area contributed by atoms with Crippen LogP contribution in [0.1, 0.15) is 22.5 Å². The lowest BCUT2D eigenvalue weighted by atomic mass is 9.67. The Balaban J connectivity index is 1.97. The molecular weight excluding hydrogens is 360 g/mol. The van der Waals surface area contributed by atoms with Gasteiger partial charge in [-0.3, -0.25) is 0 Å². The van der Waals surface area contributed by atoms with Crippen molar-refractivity contribution < 1.29 is 9.47 Å². The second kappa shape index (κ2) is 8.23. The molecule has 4 rings (SSSR count). The number of hydrogen-bond acceptors (Lipinski definition) is 3. The molecule has 0 fully saturated rings. The number of ether oxygens (including phenoxy) is 2. The van der Waals surface area contributed by atoms with E-state index in [4.69, 9.17) is 9.47 Å². The summed E-state index contributed by atoms with van der Waals surface area (Å²) >= 11 is 0. The highest BCUT2D eigenvalue weighted by Gasteiger charge is 2.37. The molecule has 0 unspecified atom stereocenters. The van der Waals surface area contributed by atoms with Crippen LogP contribution in [0.25, 0.3) is 0 Å². The fourth-order valence-corrected chi connectivity index (χ4v) is 3.93. The zero-order chi connectivity index (χ0) is 20.1. The molecule has 1 aromatic heterocycles. The number of aromatic amines is 1. The second-order valence-electron chi connectivity index (χ2n) is 6.94. The van der Waals surface area contributed by atoms with E-state index in [2.05, 4.69) is 58.5 Å². The van der Waals surface area contributed by atoms with E-state index in [1.807, 2.05) is 36.5 Å².